The van der Waals surface area contributed by atoms with Crippen molar-refractivity contribution in [1.29, 1.82) is 0 Å². The van der Waals surface area contributed by atoms with Crippen molar-refractivity contribution in [1.82, 2.24) is 5.32 Å². The normalized spacial score (nSPS) is 39.2. The van der Waals surface area contributed by atoms with Gasteiger partial charge in [-0.3, -0.25) is 0 Å². The van der Waals surface area contributed by atoms with Gasteiger partial charge >= 0.3 is 0 Å². The molecule has 0 aromatic rings. The Bertz CT molecular complexity index is 178. The van der Waals surface area contributed by atoms with Crippen LogP contribution in [-0.4, -0.2) is 13.1 Å². The van der Waals surface area contributed by atoms with Gasteiger partial charge in [0.1, 0.15) is 0 Å². The molecule has 0 aromatic heterocycles. The molecule has 2 rings (SSSR count). The van der Waals surface area contributed by atoms with Crippen LogP contribution in [0.1, 0.15) is 52.4 Å². The van der Waals surface area contributed by atoms with E-state index in [9.17, 15) is 0 Å². The van der Waals surface area contributed by atoms with Gasteiger partial charge in [0.2, 0.25) is 0 Å². The number of hydrogen-bond donors (Lipinski definition) is 1. The standard InChI is InChI=1S/C13H25N/c1-11(2)12-5-7-13(9-12)6-3-4-8-14-10-13/h11-12,14H,3-10H2,1-2H3/t12-,13+/m0/s1. The molecule has 1 nitrogen and oxygen atoms in total. The molecule has 0 bridgehead atoms. The lowest BCUT2D eigenvalue weighted by Crippen LogP contribution is -2.30. The van der Waals surface area contributed by atoms with Crippen LogP contribution in [0.5, 0.6) is 0 Å². The Morgan fingerprint density at radius 1 is 1.21 bits per heavy atom. The van der Waals surface area contributed by atoms with Gasteiger partial charge in [-0.2, -0.15) is 0 Å². The van der Waals surface area contributed by atoms with Gasteiger partial charge in [0.25, 0.3) is 0 Å². The van der Waals surface area contributed by atoms with E-state index in [1.807, 2.05) is 0 Å². The summed E-state index contributed by atoms with van der Waals surface area (Å²) in [5, 5.41) is 3.64. The highest BCUT2D eigenvalue weighted by Crippen LogP contribution is 2.47. The Balaban J connectivity index is 1.96. The van der Waals surface area contributed by atoms with E-state index in [1.54, 1.807) is 0 Å². The lowest BCUT2D eigenvalue weighted by molar-refractivity contribution is 0.247. The zero-order valence-corrected chi connectivity index (χ0v) is 9.81. The van der Waals surface area contributed by atoms with E-state index >= 15 is 0 Å². The average molecular weight is 195 g/mol. The summed E-state index contributed by atoms with van der Waals surface area (Å²) < 4.78 is 0. The van der Waals surface area contributed by atoms with Crippen LogP contribution in [0.15, 0.2) is 0 Å². The minimum Gasteiger partial charge on any atom is -0.316 e. The van der Waals surface area contributed by atoms with Crippen LogP contribution in [0, 0.1) is 17.3 Å². The second-order valence-electron chi connectivity index (χ2n) is 5.88. The van der Waals surface area contributed by atoms with Crippen LogP contribution in [0.2, 0.25) is 0 Å². The van der Waals surface area contributed by atoms with E-state index < -0.39 is 0 Å². The SMILES string of the molecule is CC(C)[C@H]1CC[C@]2(CCCCNC2)C1. The smallest absolute Gasteiger partial charge is 0.000791 e. The van der Waals surface area contributed by atoms with Gasteiger partial charge < -0.3 is 5.32 Å². The first-order valence-corrected chi connectivity index (χ1v) is 6.43. The molecule has 2 fully saturated rings. The summed E-state index contributed by atoms with van der Waals surface area (Å²) in [6, 6.07) is 0. The molecule has 0 aromatic carbocycles. The summed E-state index contributed by atoms with van der Waals surface area (Å²) >= 11 is 0. The van der Waals surface area contributed by atoms with Gasteiger partial charge in [0.05, 0.1) is 0 Å². The van der Waals surface area contributed by atoms with E-state index in [4.69, 9.17) is 0 Å². The number of rotatable bonds is 1. The summed E-state index contributed by atoms with van der Waals surface area (Å²) in [5.74, 6) is 1.91. The third-order valence-electron chi connectivity index (χ3n) is 4.49. The van der Waals surface area contributed by atoms with Crippen molar-refractivity contribution in [3.05, 3.63) is 0 Å². The fourth-order valence-electron chi connectivity index (χ4n) is 3.40. The van der Waals surface area contributed by atoms with Crippen LogP contribution in [0.4, 0.5) is 0 Å². The maximum Gasteiger partial charge on any atom is 0.000791 e. The Morgan fingerprint density at radius 3 is 2.79 bits per heavy atom. The summed E-state index contributed by atoms with van der Waals surface area (Å²) in [6.07, 6.45) is 8.81. The van der Waals surface area contributed by atoms with Crippen LogP contribution in [-0.2, 0) is 0 Å². The molecule has 14 heavy (non-hydrogen) atoms. The number of nitrogens with one attached hydrogen (secondary N) is 1. The third kappa shape index (κ3) is 2.13. The second-order valence-corrected chi connectivity index (χ2v) is 5.88. The lowest BCUT2D eigenvalue weighted by atomic mass is 9.80. The van der Waals surface area contributed by atoms with Gasteiger partial charge in [-0.1, -0.05) is 20.3 Å². The molecule has 1 aliphatic carbocycles. The molecule has 0 amide bonds. The molecule has 82 valence electrons. The quantitative estimate of drug-likeness (QED) is 0.677. The summed E-state index contributed by atoms with van der Waals surface area (Å²) in [6.45, 7) is 7.35. The predicted octanol–water partition coefficient (Wildman–Crippen LogP) is 3.20. The average Bonchev–Trinajstić information content (AvgIpc) is 2.41. The second kappa shape index (κ2) is 4.22. The zero-order valence-electron chi connectivity index (χ0n) is 9.81. The first-order valence-electron chi connectivity index (χ1n) is 6.43. The molecule has 1 spiro atoms. The Labute approximate surface area is 88.7 Å². The minimum absolute atomic E-state index is 0.700. The van der Waals surface area contributed by atoms with E-state index in [2.05, 4.69) is 19.2 Å². The summed E-state index contributed by atoms with van der Waals surface area (Å²) in [5.41, 5.74) is 0.700. The predicted molar refractivity (Wildman–Crippen MR) is 61.3 cm³/mol. The van der Waals surface area contributed by atoms with Gasteiger partial charge in [-0.05, 0) is 55.9 Å². The highest BCUT2D eigenvalue weighted by molar-refractivity contribution is 4.92. The molecule has 0 radical (unpaired) electrons. The molecule has 1 aliphatic heterocycles. The molecule has 1 heteroatoms. The molecule has 1 saturated carbocycles. The molecule has 1 N–H and O–H groups in total. The topological polar surface area (TPSA) is 12.0 Å². The molecule has 2 aliphatic rings. The van der Waals surface area contributed by atoms with E-state index in [0.717, 1.165) is 11.8 Å². The fraction of sp³-hybridized carbons (Fsp3) is 1.00. The number of hydrogen-bond acceptors (Lipinski definition) is 1. The highest BCUT2D eigenvalue weighted by atomic mass is 14.9. The maximum atomic E-state index is 3.64. The molecular formula is C13H25N. The van der Waals surface area contributed by atoms with Gasteiger partial charge in [0.15, 0.2) is 0 Å². The van der Waals surface area contributed by atoms with Crippen molar-refractivity contribution >= 4 is 0 Å². The van der Waals surface area contributed by atoms with Crippen LogP contribution in [0.3, 0.4) is 0 Å². The van der Waals surface area contributed by atoms with Gasteiger partial charge in [0, 0.05) is 6.54 Å². The first-order chi connectivity index (χ1) is 6.72. The molecule has 2 atom stereocenters. The molecular weight excluding hydrogens is 170 g/mol. The zero-order chi connectivity index (χ0) is 10.0. The highest BCUT2D eigenvalue weighted by Gasteiger charge is 2.39. The fourth-order valence-corrected chi connectivity index (χ4v) is 3.40. The maximum absolute atomic E-state index is 3.64. The van der Waals surface area contributed by atoms with Crippen LogP contribution >= 0.6 is 0 Å². The molecule has 1 saturated heterocycles. The van der Waals surface area contributed by atoms with Crippen LogP contribution < -0.4 is 5.32 Å². The Morgan fingerprint density at radius 2 is 2.07 bits per heavy atom. The van der Waals surface area contributed by atoms with Gasteiger partial charge in [-0.25, -0.2) is 0 Å². The van der Waals surface area contributed by atoms with Gasteiger partial charge in [-0.15, -0.1) is 0 Å². The van der Waals surface area contributed by atoms with E-state index in [1.165, 1.54) is 51.6 Å². The van der Waals surface area contributed by atoms with Crippen molar-refractivity contribution in [2.75, 3.05) is 13.1 Å². The van der Waals surface area contributed by atoms with Crippen LogP contribution in [0.25, 0.3) is 0 Å². The lowest BCUT2D eigenvalue weighted by Gasteiger charge is -2.28. The first kappa shape index (κ1) is 10.5. The Kier molecular flexibility index (Phi) is 3.16. The monoisotopic (exact) mass is 195 g/mol. The summed E-state index contributed by atoms with van der Waals surface area (Å²) in [7, 11) is 0. The Hall–Kier alpha value is -0.0400. The summed E-state index contributed by atoms with van der Waals surface area (Å²) in [4.78, 5) is 0. The van der Waals surface area contributed by atoms with Crippen molar-refractivity contribution in [3.8, 4) is 0 Å². The van der Waals surface area contributed by atoms with E-state index in [0.29, 0.717) is 5.41 Å². The van der Waals surface area contributed by atoms with Crippen molar-refractivity contribution in [3.63, 3.8) is 0 Å². The van der Waals surface area contributed by atoms with Crippen molar-refractivity contribution in [2.45, 2.75) is 52.4 Å². The van der Waals surface area contributed by atoms with E-state index in [-0.39, 0.29) is 0 Å². The molecule has 0 unspecified atom stereocenters. The largest absolute Gasteiger partial charge is 0.316 e. The minimum atomic E-state index is 0.700. The molecule has 1 heterocycles. The third-order valence-corrected chi connectivity index (χ3v) is 4.49. The van der Waals surface area contributed by atoms with Crippen molar-refractivity contribution < 1.29 is 0 Å². The van der Waals surface area contributed by atoms with Crippen molar-refractivity contribution in [2.24, 2.45) is 17.3 Å².